The van der Waals surface area contributed by atoms with Gasteiger partial charge in [0.15, 0.2) is 0 Å². The molecule has 1 saturated carbocycles. The molecule has 0 aromatic carbocycles. The maximum absolute atomic E-state index is 12.0. The van der Waals surface area contributed by atoms with Crippen LogP contribution in [0.15, 0.2) is 0 Å². The van der Waals surface area contributed by atoms with Crippen molar-refractivity contribution in [2.24, 2.45) is 5.73 Å². The highest BCUT2D eigenvalue weighted by Crippen LogP contribution is 2.40. The molecule has 4 rings (SSSR count). The standard InChI is InChI=1S/C18H24N4OS/c1-11-14(13-9-5-6-10-22(13)21-11)18-20-15(16(24-18)17(19)23)12-7-3-2-4-8-12/h12H,2-10H2,1H3,(H2,19,23). The fraction of sp³-hybridized carbons (Fsp3) is 0.611. The Morgan fingerprint density at radius 2 is 2.00 bits per heavy atom. The van der Waals surface area contributed by atoms with Crippen molar-refractivity contribution in [3.8, 4) is 10.6 Å². The second-order valence-corrected chi connectivity index (χ2v) is 8.02. The van der Waals surface area contributed by atoms with Gasteiger partial charge in [0.2, 0.25) is 0 Å². The molecule has 2 aliphatic rings. The molecule has 1 aliphatic heterocycles. The highest BCUT2D eigenvalue weighted by molar-refractivity contribution is 7.17. The Morgan fingerprint density at radius 1 is 1.21 bits per heavy atom. The number of hydrogen-bond donors (Lipinski definition) is 1. The van der Waals surface area contributed by atoms with E-state index < -0.39 is 0 Å². The number of carbonyl (C=O) groups excluding carboxylic acids is 1. The predicted octanol–water partition coefficient (Wildman–Crippen LogP) is 3.80. The minimum atomic E-state index is -0.335. The third kappa shape index (κ3) is 2.66. The Balaban J connectivity index is 1.79. The van der Waals surface area contributed by atoms with Crippen LogP contribution < -0.4 is 5.73 Å². The van der Waals surface area contributed by atoms with E-state index in [0.717, 1.165) is 47.8 Å². The van der Waals surface area contributed by atoms with Gasteiger partial charge in [-0.3, -0.25) is 9.48 Å². The summed E-state index contributed by atoms with van der Waals surface area (Å²) in [4.78, 5) is 17.6. The van der Waals surface area contributed by atoms with Crippen LogP contribution in [0.3, 0.4) is 0 Å². The van der Waals surface area contributed by atoms with Crippen LogP contribution in [0.4, 0.5) is 0 Å². The van der Waals surface area contributed by atoms with Gasteiger partial charge >= 0.3 is 0 Å². The van der Waals surface area contributed by atoms with E-state index in [1.54, 1.807) is 0 Å². The summed E-state index contributed by atoms with van der Waals surface area (Å²) in [5, 5.41) is 5.63. The molecule has 128 valence electrons. The largest absolute Gasteiger partial charge is 0.365 e. The maximum atomic E-state index is 12.0. The van der Waals surface area contributed by atoms with E-state index in [2.05, 4.69) is 4.68 Å². The van der Waals surface area contributed by atoms with Crippen LogP contribution in [0, 0.1) is 6.92 Å². The minimum Gasteiger partial charge on any atom is -0.365 e. The average Bonchev–Trinajstić information content (AvgIpc) is 3.16. The molecule has 2 N–H and O–H groups in total. The number of amides is 1. The van der Waals surface area contributed by atoms with Gasteiger partial charge in [-0.05, 0) is 39.0 Å². The van der Waals surface area contributed by atoms with E-state index in [4.69, 9.17) is 15.8 Å². The Hall–Kier alpha value is -1.69. The van der Waals surface area contributed by atoms with Gasteiger partial charge < -0.3 is 5.73 Å². The summed E-state index contributed by atoms with van der Waals surface area (Å²) in [6.45, 7) is 3.03. The van der Waals surface area contributed by atoms with E-state index >= 15 is 0 Å². The molecule has 1 amide bonds. The Labute approximate surface area is 146 Å². The normalized spacial score (nSPS) is 18.5. The van der Waals surface area contributed by atoms with Crippen LogP contribution in [0.5, 0.6) is 0 Å². The average molecular weight is 344 g/mol. The molecule has 0 bridgehead atoms. The number of aromatic nitrogens is 3. The lowest BCUT2D eigenvalue weighted by Crippen LogP contribution is -2.15. The fourth-order valence-electron chi connectivity index (χ4n) is 4.17. The molecular formula is C18H24N4OS. The molecule has 5 nitrogen and oxygen atoms in total. The molecule has 0 radical (unpaired) electrons. The van der Waals surface area contributed by atoms with Gasteiger partial charge in [-0.25, -0.2) is 4.98 Å². The minimum absolute atomic E-state index is 0.335. The van der Waals surface area contributed by atoms with Gasteiger partial charge in [0.05, 0.1) is 17.0 Å². The van der Waals surface area contributed by atoms with E-state index in [1.807, 2.05) is 6.92 Å². The number of fused-ring (bicyclic) bond motifs is 1. The summed E-state index contributed by atoms with van der Waals surface area (Å²) >= 11 is 1.47. The van der Waals surface area contributed by atoms with E-state index in [1.165, 1.54) is 49.1 Å². The SMILES string of the molecule is Cc1nn2c(c1-c1nc(C3CCCCC3)c(C(N)=O)s1)CCCC2. The first-order chi connectivity index (χ1) is 11.6. The Bertz CT molecular complexity index is 770. The molecular weight excluding hydrogens is 320 g/mol. The van der Waals surface area contributed by atoms with Crippen molar-refractivity contribution >= 4 is 17.2 Å². The van der Waals surface area contributed by atoms with Crippen molar-refractivity contribution in [2.75, 3.05) is 0 Å². The van der Waals surface area contributed by atoms with Gasteiger partial charge in [0.25, 0.3) is 5.91 Å². The van der Waals surface area contributed by atoms with Crippen LogP contribution in [-0.2, 0) is 13.0 Å². The van der Waals surface area contributed by atoms with Gasteiger partial charge in [0, 0.05) is 18.2 Å². The highest BCUT2D eigenvalue weighted by atomic mass is 32.1. The molecule has 2 aromatic rings. The number of carbonyl (C=O) groups is 1. The molecule has 24 heavy (non-hydrogen) atoms. The molecule has 1 aliphatic carbocycles. The lowest BCUT2D eigenvalue weighted by molar-refractivity contribution is 0.100. The maximum Gasteiger partial charge on any atom is 0.260 e. The topological polar surface area (TPSA) is 73.8 Å². The number of nitrogens with two attached hydrogens (primary N) is 1. The molecule has 1 fully saturated rings. The number of rotatable bonds is 3. The van der Waals surface area contributed by atoms with Crippen molar-refractivity contribution in [3.63, 3.8) is 0 Å². The zero-order valence-electron chi connectivity index (χ0n) is 14.2. The summed E-state index contributed by atoms with van der Waals surface area (Å²) < 4.78 is 2.12. The number of aryl methyl sites for hydroxylation is 2. The molecule has 2 aromatic heterocycles. The second-order valence-electron chi connectivity index (χ2n) is 7.02. The van der Waals surface area contributed by atoms with Crippen LogP contribution in [0.2, 0.25) is 0 Å². The third-order valence-corrected chi connectivity index (χ3v) is 6.45. The Morgan fingerprint density at radius 3 is 2.75 bits per heavy atom. The van der Waals surface area contributed by atoms with Crippen molar-refractivity contribution in [1.29, 1.82) is 0 Å². The van der Waals surface area contributed by atoms with Gasteiger partial charge in [-0.2, -0.15) is 5.10 Å². The number of nitrogens with zero attached hydrogens (tertiary/aromatic N) is 3. The van der Waals surface area contributed by atoms with Gasteiger partial charge in [-0.15, -0.1) is 11.3 Å². The van der Waals surface area contributed by atoms with E-state index in [-0.39, 0.29) is 5.91 Å². The molecule has 0 spiro atoms. The smallest absolute Gasteiger partial charge is 0.260 e. The molecule has 3 heterocycles. The van der Waals surface area contributed by atoms with E-state index in [0.29, 0.717) is 10.8 Å². The summed E-state index contributed by atoms with van der Waals surface area (Å²) in [7, 11) is 0. The number of primary amides is 1. The van der Waals surface area contributed by atoms with Crippen molar-refractivity contribution in [1.82, 2.24) is 14.8 Å². The Kier molecular flexibility index (Phi) is 4.16. The zero-order valence-corrected chi connectivity index (χ0v) is 15.0. The molecule has 6 heteroatoms. The fourth-order valence-corrected chi connectivity index (χ4v) is 5.29. The first-order valence-electron chi connectivity index (χ1n) is 9.02. The predicted molar refractivity (Wildman–Crippen MR) is 95.4 cm³/mol. The summed E-state index contributed by atoms with van der Waals surface area (Å²) in [5.74, 6) is 0.0518. The lowest BCUT2D eigenvalue weighted by atomic mass is 9.86. The van der Waals surface area contributed by atoms with Crippen molar-refractivity contribution in [2.45, 2.75) is 70.8 Å². The monoisotopic (exact) mass is 344 g/mol. The van der Waals surface area contributed by atoms with Crippen molar-refractivity contribution < 1.29 is 4.79 Å². The summed E-state index contributed by atoms with van der Waals surface area (Å²) in [5.41, 5.74) is 10.1. The first-order valence-corrected chi connectivity index (χ1v) is 9.84. The first kappa shape index (κ1) is 15.8. The quantitative estimate of drug-likeness (QED) is 0.920. The van der Waals surface area contributed by atoms with Crippen LogP contribution in [0.25, 0.3) is 10.6 Å². The van der Waals surface area contributed by atoms with E-state index in [9.17, 15) is 4.79 Å². The zero-order chi connectivity index (χ0) is 16.7. The van der Waals surface area contributed by atoms with Crippen molar-refractivity contribution in [3.05, 3.63) is 22.0 Å². The second kappa shape index (κ2) is 6.31. The third-order valence-electron chi connectivity index (χ3n) is 5.35. The molecule has 0 saturated heterocycles. The lowest BCUT2D eigenvalue weighted by Gasteiger charge is -2.20. The van der Waals surface area contributed by atoms with Gasteiger partial charge in [0.1, 0.15) is 9.88 Å². The number of hydrogen-bond acceptors (Lipinski definition) is 4. The summed E-state index contributed by atoms with van der Waals surface area (Å²) in [6.07, 6.45) is 9.39. The highest BCUT2D eigenvalue weighted by Gasteiger charge is 2.28. The molecule has 0 unspecified atom stereocenters. The van der Waals surface area contributed by atoms with Gasteiger partial charge in [-0.1, -0.05) is 19.3 Å². The molecule has 0 atom stereocenters. The van der Waals surface area contributed by atoms with Crippen LogP contribution in [0.1, 0.15) is 77.6 Å². The van der Waals surface area contributed by atoms with Crippen LogP contribution >= 0.6 is 11.3 Å². The number of thiazole rings is 1. The van der Waals surface area contributed by atoms with Crippen LogP contribution in [-0.4, -0.2) is 20.7 Å². The summed E-state index contributed by atoms with van der Waals surface area (Å²) in [6, 6.07) is 0.